The zero-order chi connectivity index (χ0) is 15.8. The largest absolute Gasteiger partial charge is 0.248 e. The van der Waals surface area contributed by atoms with Gasteiger partial charge in [-0.05, 0) is 43.9 Å². The lowest BCUT2D eigenvalue weighted by molar-refractivity contribution is -0.0438. The number of hydrogen-bond donors (Lipinski definition) is 0. The summed E-state index contributed by atoms with van der Waals surface area (Å²) >= 11 is 0. The van der Waals surface area contributed by atoms with Crippen molar-refractivity contribution < 1.29 is 17.6 Å². The van der Waals surface area contributed by atoms with Gasteiger partial charge >= 0.3 is 0 Å². The molecule has 0 bridgehead atoms. The highest BCUT2D eigenvalue weighted by Crippen LogP contribution is 2.35. The second-order valence-electron chi connectivity index (χ2n) is 5.99. The molecule has 0 spiro atoms. The molecule has 4 heteroatoms. The van der Waals surface area contributed by atoms with E-state index in [0.29, 0.717) is 37.5 Å². The molecule has 2 aliphatic carbocycles. The van der Waals surface area contributed by atoms with Crippen molar-refractivity contribution in [3.05, 3.63) is 0 Å². The Hall–Kier alpha value is -0.280. The molecule has 3 atom stereocenters. The van der Waals surface area contributed by atoms with Crippen LogP contribution in [0, 0.1) is 11.8 Å². The molecule has 2 saturated carbocycles. The van der Waals surface area contributed by atoms with Gasteiger partial charge in [-0.3, -0.25) is 0 Å². The smallest absolute Gasteiger partial charge is 0.244 e. The van der Waals surface area contributed by atoms with E-state index in [0.717, 1.165) is 6.42 Å². The molecule has 2 rings (SSSR count). The minimum absolute atomic E-state index is 0.105. The Morgan fingerprint density at radius 2 is 1.25 bits per heavy atom. The highest BCUT2D eigenvalue weighted by molar-refractivity contribution is 4.77. The highest BCUT2D eigenvalue weighted by atomic mass is 19.3. The summed E-state index contributed by atoms with van der Waals surface area (Å²) in [5, 5.41) is 0. The van der Waals surface area contributed by atoms with E-state index in [1.165, 1.54) is 0 Å². The van der Waals surface area contributed by atoms with Crippen LogP contribution in [0.2, 0.25) is 0 Å². The van der Waals surface area contributed by atoms with Gasteiger partial charge in [0.15, 0.2) is 0 Å². The summed E-state index contributed by atoms with van der Waals surface area (Å²) in [6, 6.07) is 0. The summed E-state index contributed by atoms with van der Waals surface area (Å²) in [5.74, 6) is -1.44. The van der Waals surface area contributed by atoms with Crippen molar-refractivity contribution >= 4 is 0 Å². The van der Waals surface area contributed by atoms with Crippen molar-refractivity contribution in [3.63, 3.8) is 0 Å². The maximum Gasteiger partial charge on any atom is 0.248 e. The van der Waals surface area contributed by atoms with E-state index < -0.39 is 18.3 Å². The summed E-state index contributed by atoms with van der Waals surface area (Å²) in [7, 11) is 0. The predicted octanol–water partition coefficient (Wildman–Crippen LogP) is 6.34. The molecular formula is C16H30F4. The third kappa shape index (κ3) is 8.11. The molecule has 0 aliphatic heterocycles. The van der Waals surface area contributed by atoms with E-state index in [9.17, 15) is 17.6 Å². The van der Waals surface area contributed by atoms with Gasteiger partial charge < -0.3 is 0 Å². The van der Waals surface area contributed by atoms with Crippen LogP contribution in [0.25, 0.3) is 0 Å². The van der Waals surface area contributed by atoms with Gasteiger partial charge in [0.25, 0.3) is 0 Å². The molecule has 2 aliphatic rings. The zero-order valence-electron chi connectivity index (χ0n) is 13.3. The quantitative estimate of drug-likeness (QED) is 0.458. The molecule has 3 unspecified atom stereocenters. The maximum absolute atomic E-state index is 12.5. The number of rotatable bonds is 0. The van der Waals surface area contributed by atoms with Crippen LogP contribution in [-0.2, 0) is 0 Å². The van der Waals surface area contributed by atoms with Crippen molar-refractivity contribution in [2.45, 2.75) is 90.9 Å². The van der Waals surface area contributed by atoms with E-state index in [1.807, 2.05) is 27.7 Å². The first kappa shape index (κ1) is 19.7. The Labute approximate surface area is 121 Å². The van der Waals surface area contributed by atoms with Gasteiger partial charge in [0.05, 0.1) is 0 Å². The van der Waals surface area contributed by atoms with E-state index in [1.54, 1.807) is 0 Å². The maximum atomic E-state index is 12.5. The van der Waals surface area contributed by atoms with Crippen molar-refractivity contribution in [3.8, 4) is 0 Å². The monoisotopic (exact) mass is 298 g/mol. The molecule has 0 heterocycles. The first-order valence-corrected chi connectivity index (χ1v) is 7.96. The Morgan fingerprint density at radius 3 is 1.60 bits per heavy atom. The van der Waals surface area contributed by atoms with Gasteiger partial charge in [-0.25, -0.2) is 17.6 Å². The molecule has 0 aromatic carbocycles. The molecule has 122 valence electrons. The first-order valence-electron chi connectivity index (χ1n) is 7.96. The van der Waals surface area contributed by atoms with Gasteiger partial charge in [-0.2, -0.15) is 0 Å². The summed E-state index contributed by atoms with van der Waals surface area (Å²) in [6.07, 6.45) is 0.933. The van der Waals surface area contributed by atoms with E-state index >= 15 is 0 Å². The summed E-state index contributed by atoms with van der Waals surface area (Å²) in [5.41, 5.74) is 0. The molecule has 20 heavy (non-hydrogen) atoms. The highest BCUT2D eigenvalue weighted by Gasteiger charge is 2.33. The van der Waals surface area contributed by atoms with E-state index in [2.05, 4.69) is 0 Å². The minimum atomic E-state index is -2.34. The topological polar surface area (TPSA) is 0 Å². The normalized spacial score (nSPS) is 33.3. The molecule has 0 N–H and O–H groups in total. The lowest BCUT2D eigenvalue weighted by Crippen LogP contribution is -2.25. The number of halogens is 4. The zero-order valence-corrected chi connectivity index (χ0v) is 13.3. The third-order valence-corrected chi connectivity index (χ3v) is 3.96. The van der Waals surface area contributed by atoms with Gasteiger partial charge in [0.2, 0.25) is 5.92 Å². The lowest BCUT2D eigenvalue weighted by Gasteiger charge is -2.25. The van der Waals surface area contributed by atoms with Crippen LogP contribution in [0.4, 0.5) is 17.6 Å². The van der Waals surface area contributed by atoms with E-state index in [-0.39, 0.29) is 12.8 Å². The molecule has 0 aromatic rings. The van der Waals surface area contributed by atoms with Crippen LogP contribution in [0.1, 0.15) is 72.6 Å². The van der Waals surface area contributed by atoms with Gasteiger partial charge in [-0.15, -0.1) is 0 Å². The van der Waals surface area contributed by atoms with Crippen molar-refractivity contribution in [1.82, 2.24) is 0 Å². The van der Waals surface area contributed by atoms with Gasteiger partial charge in [0, 0.05) is 12.8 Å². The molecule has 0 saturated heterocycles. The molecular weight excluding hydrogens is 268 g/mol. The number of alkyl halides is 4. The van der Waals surface area contributed by atoms with Crippen molar-refractivity contribution in [2.24, 2.45) is 11.8 Å². The fourth-order valence-corrected chi connectivity index (χ4v) is 2.46. The van der Waals surface area contributed by atoms with Crippen molar-refractivity contribution in [2.75, 3.05) is 0 Å². The SMILES string of the molecule is CC.CC1CCC(F)(F)CC1.CC1CCC(F)C(F)C1. The second kappa shape index (κ2) is 9.62. The van der Waals surface area contributed by atoms with Crippen LogP contribution in [0.15, 0.2) is 0 Å². The molecule has 0 nitrogen and oxygen atoms in total. The molecule has 2 fully saturated rings. The second-order valence-corrected chi connectivity index (χ2v) is 5.99. The standard InChI is InChI=1S/2C7H12F2.C2H6/c1-6-2-4-7(8,9)5-3-6;1-5-2-3-6(8)7(9)4-5;1-2/h6H,2-5H2,1H3;5-7H,2-4H2,1H3;1-2H3. The first-order chi connectivity index (χ1) is 9.30. The summed E-state index contributed by atoms with van der Waals surface area (Å²) < 4.78 is 49.6. The average molecular weight is 298 g/mol. The minimum Gasteiger partial charge on any atom is -0.244 e. The predicted molar refractivity (Wildman–Crippen MR) is 76.7 cm³/mol. The van der Waals surface area contributed by atoms with Gasteiger partial charge in [0.1, 0.15) is 12.3 Å². The molecule has 0 radical (unpaired) electrons. The summed E-state index contributed by atoms with van der Waals surface area (Å²) in [6.45, 7) is 8.01. The van der Waals surface area contributed by atoms with Gasteiger partial charge in [-0.1, -0.05) is 27.7 Å². The Kier molecular flexibility index (Phi) is 9.48. The fourth-order valence-electron chi connectivity index (χ4n) is 2.46. The van der Waals surface area contributed by atoms with Crippen LogP contribution in [0.5, 0.6) is 0 Å². The number of hydrogen-bond acceptors (Lipinski definition) is 0. The Morgan fingerprint density at radius 1 is 0.750 bits per heavy atom. The molecule has 0 aromatic heterocycles. The summed E-state index contributed by atoms with van der Waals surface area (Å²) in [4.78, 5) is 0. The average Bonchev–Trinajstić information content (AvgIpc) is 2.41. The molecule has 0 amide bonds. The Bertz CT molecular complexity index is 233. The third-order valence-electron chi connectivity index (χ3n) is 3.96. The fraction of sp³-hybridized carbons (Fsp3) is 1.00. The van der Waals surface area contributed by atoms with E-state index in [4.69, 9.17) is 0 Å². The van der Waals surface area contributed by atoms with Crippen LogP contribution in [0.3, 0.4) is 0 Å². The van der Waals surface area contributed by atoms with Crippen LogP contribution in [-0.4, -0.2) is 18.3 Å². The Balaban J connectivity index is 0.000000321. The van der Waals surface area contributed by atoms with Crippen LogP contribution >= 0.6 is 0 Å². The van der Waals surface area contributed by atoms with Crippen LogP contribution < -0.4 is 0 Å². The lowest BCUT2D eigenvalue weighted by atomic mass is 9.88. The van der Waals surface area contributed by atoms with Crippen molar-refractivity contribution in [1.29, 1.82) is 0 Å².